The molecule has 1 atom stereocenters. The number of ether oxygens (including phenoxy) is 1. The maximum absolute atomic E-state index is 12.3. The molecule has 2 aliphatic rings. The second-order valence-corrected chi connectivity index (χ2v) is 6.82. The quantitative estimate of drug-likeness (QED) is 0.722. The first-order chi connectivity index (χ1) is 9.69. The van der Waals surface area contributed by atoms with Gasteiger partial charge in [0.05, 0.1) is 12.2 Å². The van der Waals surface area contributed by atoms with E-state index in [2.05, 4.69) is 4.90 Å². The summed E-state index contributed by atoms with van der Waals surface area (Å²) in [5.41, 5.74) is 11.9. The fourth-order valence-electron chi connectivity index (χ4n) is 2.71. The SMILES string of the molecule is CC(C)(C)OC(=O)N1CC2CCCN2C(/C=C(\N)Cl)=C1N. The lowest BCUT2D eigenvalue weighted by Crippen LogP contribution is -2.51. The molecule has 0 aliphatic carbocycles. The second-order valence-electron chi connectivity index (χ2n) is 6.38. The van der Waals surface area contributed by atoms with Gasteiger partial charge in [-0.1, -0.05) is 11.6 Å². The van der Waals surface area contributed by atoms with E-state index in [4.69, 9.17) is 27.8 Å². The standard InChI is InChI=1S/C14H23ClN4O2/c1-14(2,3)21-13(20)19-8-9-5-4-6-18(9)10(12(19)17)7-11(15)16/h7,9H,4-6,8,16-17H2,1-3H3/b11-7-. The molecule has 0 aromatic carbocycles. The number of nitrogens with zero attached hydrogens (tertiary/aromatic N) is 2. The monoisotopic (exact) mass is 314 g/mol. The molecule has 2 heterocycles. The van der Waals surface area contributed by atoms with E-state index in [1.54, 1.807) is 6.08 Å². The van der Waals surface area contributed by atoms with E-state index in [0.29, 0.717) is 18.1 Å². The maximum atomic E-state index is 12.3. The molecule has 7 heteroatoms. The molecule has 0 spiro atoms. The van der Waals surface area contributed by atoms with Crippen LogP contribution in [0, 0.1) is 0 Å². The first-order valence-corrected chi connectivity index (χ1v) is 7.46. The van der Waals surface area contributed by atoms with Gasteiger partial charge in [-0.05, 0) is 39.7 Å². The molecule has 21 heavy (non-hydrogen) atoms. The number of carbonyl (C=O) groups is 1. The van der Waals surface area contributed by atoms with Gasteiger partial charge in [-0.3, -0.25) is 4.90 Å². The minimum absolute atomic E-state index is 0.143. The zero-order valence-corrected chi connectivity index (χ0v) is 13.5. The lowest BCUT2D eigenvalue weighted by molar-refractivity contribution is 0.0244. The summed E-state index contributed by atoms with van der Waals surface area (Å²) in [7, 11) is 0. The maximum Gasteiger partial charge on any atom is 0.416 e. The summed E-state index contributed by atoms with van der Waals surface area (Å²) in [5.74, 6) is 0.339. The average molecular weight is 315 g/mol. The molecule has 0 saturated carbocycles. The summed E-state index contributed by atoms with van der Waals surface area (Å²) >= 11 is 5.79. The minimum atomic E-state index is -0.564. The molecule has 0 radical (unpaired) electrons. The molecular formula is C14H23ClN4O2. The van der Waals surface area contributed by atoms with Gasteiger partial charge >= 0.3 is 6.09 Å². The van der Waals surface area contributed by atoms with Crippen LogP contribution in [0.2, 0.25) is 0 Å². The summed E-state index contributed by atoms with van der Waals surface area (Å²) < 4.78 is 5.42. The van der Waals surface area contributed by atoms with Gasteiger partial charge in [0.1, 0.15) is 16.6 Å². The number of carbonyl (C=O) groups excluding carboxylic acids is 1. The van der Waals surface area contributed by atoms with E-state index in [1.165, 1.54) is 4.90 Å². The fourth-order valence-corrected chi connectivity index (χ4v) is 2.82. The Balaban J connectivity index is 2.32. The highest BCUT2D eigenvalue weighted by Crippen LogP contribution is 2.31. The molecule has 1 saturated heterocycles. The van der Waals surface area contributed by atoms with Gasteiger partial charge in [-0.25, -0.2) is 4.79 Å². The molecule has 2 aliphatic heterocycles. The molecule has 1 amide bonds. The van der Waals surface area contributed by atoms with Gasteiger partial charge < -0.3 is 21.1 Å². The second kappa shape index (κ2) is 5.67. The van der Waals surface area contributed by atoms with E-state index in [9.17, 15) is 4.79 Å². The van der Waals surface area contributed by atoms with Crippen molar-refractivity contribution in [2.24, 2.45) is 11.5 Å². The van der Waals surface area contributed by atoms with Gasteiger partial charge in [-0.15, -0.1) is 0 Å². The van der Waals surface area contributed by atoms with Gasteiger partial charge in [-0.2, -0.15) is 0 Å². The summed E-state index contributed by atoms with van der Waals surface area (Å²) in [6.07, 6.45) is 3.22. The number of nitrogens with two attached hydrogens (primary N) is 2. The van der Waals surface area contributed by atoms with Crippen molar-refractivity contribution in [1.82, 2.24) is 9.80 Å². The predicted molar refractivity (Wildman–Crippen MR) is 82.0 cm³/mol. The Kier molecular flexibility index (Phi) is 4.27. The van der Waals surface area contributed by atoms with Crippen LogP contribution in [-0.4, -0.2) is 40.6 Å². The van der Waals surface area contributed by atoms with Gasteiger partial charge in [0.15, 0.2) is 0 Å². The highest BCUT2D eigenvalue weighted by atomic mass is 35.5. The third kappa shape index (κ3) is 3.56. The zero-order valence-electron chi connectivity index (χ0n) is 12.7. The highest BCUT2D eigenvalue weighted by molar-refractivity contribution is 6.29. The Labute approximate surface area is 130 Å². The molecule has 2 rings (SSSR count). The molecule has 0 aromatic rings. The summed E-state index contributed by atoms with van der Waals surface area (Å²) in [5, 5.41) is 0.143. The molecule has 4 N–H and O–H groups in total. The Hall–Kier alpha value is -1.56. The lowest BCUT2D eigenvalue weighted by atomic mass is 10.1. The topological polar surface area (TPSA) is 84.8 Å². The summed E-state index contributed by atoms with van der Waals surface area (Å²) in [4.78, 5) is 16.0. The van der Waals surface area contributed by atoms with Crippen LogP contribution < -0.4 is 11.5 Å². The van der Waals surface area contributed by atoms with Crippen LogP contribution in [0.3, 0.4) is 0 Å². The normalized spacial score (nSPS) is 23.4. The van der Waals surface area contributed by atoms with E-state index in [1.807, 2.05) is 20.8 Å². The lowest BCUT2D eigenvalue weighted by Gasteiger charge is -2.40. The van der Waals surface area contributed by atoms with Gasteiger partial charge in [0.25, 0.3) is 0 Å². The number of halogens is 1. The predicted octanol–water partition coefficient (Wildman–Crippen LogP) is 1.87. The van der Waals surface area contributed by atoms with Crippen molar-refractivity contribution < 1.29 is 9.53 Å². The van der Waals surface area contributed by atoms with Crippen molar-refractivity contribution in [2.45, 2.75) is 45.3 Å². The Bertz CT molecular complexity index is 492. The molecule has 1 unspecified atom stereocenters. The van der Waals surface area contributed by atoms with Crippen molar-refractivity contribution in [3.8, 4) is 0 Å². The fraction of sp³-hybridized carbons (Fsp3) is 0.643. The van der Waals surface area contributed by atoms with Crippen molar-refractivity contribution in [2.75, 3.05) is 13.1 Å². The summed E-state index contributed by atoms with van der Waals surface area (Å²) in [6.45, 7) is 6.90. The number of hydrogen-bond acceptors (Lipinski definition) is 5. The zero-order chi connectivity index (χ0) is 15.8. The summed E-state index contributed by atoms with van der Waals surface area (Å²) in [6, 6.07) is 0.229. The van der Waals surface area contributed by atoms with Crippen molar-refractivity contribution >= 4 is 17.7 Å². The first kappa shape index (κ1) is 15.8. The van der Waals surface area contributed by atoms with Crippen molar-refractivity contribution in [3.05, 3.63) is 22.8 Å². The molecule has 0 aromatic heterocycles. The van der Waals surface area contributed by atoms with Crippen LogP contribution in [0.1, 0.15) is 33.6 Å². The Morgan fingerprint density at radius 2 is 2.14 bits per heavy atom. The molecule has 1 fully saturated rings. The number of rotatable bonds is 1. The van der Waals surface area contributed by atoms with Crippen molar-refractivity contribution in [3.63, 3.8) is 0 Å². The molecule has 118 valence electrons. The van der Waals surface area contributed by atoms with Crippen molar-refractivity contribution in [1.29, 1.82) is 0 Å². The van der Waals surface area contributed by atoms with Crippen LogP contribution in [0.5, 0.6) is 0 Å². The first-order valence-electron chi connectivity index (χ1n) is 7.08. The Morgan fingerprint density at radius 3 is 2.71 bits per heavy atom. The van der Waals surface area contributed by atoms with E-state index in [-0.39, 0.29) is 11.2 Å². The smallest absolute Gasteiger partial charge is 0.416 e. The Morgan fingerprint density at radius 1 is 1.48 bits per heavy atom. The number of amides is 1. The molecule has 0 bridgehead atoms. The molecular weight excluding hydrogens is 292 g/mol. The van der Waals surface area contributed by atoms with Crippen LogP contribution in [0.4, 0.5) is 4.79 Å². The number of allylic oxidation sites excluding steroid dienone is 1. The number of hydrogen-bond donors (Lipinski definition) is 2. The van der Waals surface area contributed by atoms with Crippen LogP contribution >= 0.6 is 11.6 Å². The minimum Gasteiger partial charge on any atom is -0.443 e. The molecule has 6 nitrogen and oxygen atoms in total. The third-order valence-electron chi connectivity index (χ3n) is 3.52. The van der Waals surface area contributed by atoms with Crippen LogP contribution in [0.25, 0.3) is 0 Å². The number of fused-ring (bicyclic) bond motifs is 1. The third-order valence-corrected chi connectivity index (χ3v) is 3.63. The van der Waals surface area contributed by atoms with Crippen LogP contribution in [-0.2, 0) is 4.74 Å². The van der Waals surface area contributed by atoms with E-state index < -0.39 is 11.7 Å². The highest BCUT2D eigenvalue weighted by Gasteiger charge is 2.38. The van der Waals surface area contributed by atoms with Gasteiger partial charge in [0, 0.05) is 12.6 Å². The van der Waals surface area contributed by atoms with Gasteiger partial charge in [0.2, 0.25) is 0 Å². The van der Waals surface area contributed by atoms with Crippen LogP contribution in [0.15, 0.2) is 22.8 Å². The van der Waals surface area contributed by atoms with E-state index in [0.717, 1.165) is 19.4 Å². The average Bonchev–Trinajstić information content (AvgIpc) is 2.77. The largest absolute Gasteiger partial charge is 0.443 e. The van der Waals surface area contributed by atoms with E-state index >= 15 is 0 Å².